The van der Waals surface area contributed by atoms with Crippen LogP contribution in [0.2, 0.25) is 0 Å². The van der Waals surface area contributed by atoms with Gasteiger partial charge in [0.15, 0.2) is 0 Å². The van der Waals surface area contributed by atoms with Crippen LogP contribution in [0.5, 0.6) is 5.75 Å². The summed E-state index contributed by atoms with van der Waals surface area (Å²) in [6.07, 6.45) is 0. The van der Waals surface area contributed by atoms with E-state index < -0.39 is 7.93 Å². The van der Waals surface area contributed by atoms with E-state index in [1.807, 2.05) is 49.4 Å². The lowest BCUT2D eigenvalue weighted by Gasteiger charge is -2.39. The van der Waals surface area contributed by atoms with Crippen LogP contribution in [-0.2, 0) is 4.74 Å². The number of ether oxygens (including phenoxy) is 2. The van der Waals surface area contributed by atoms with Crippen molar-refractivity contribution in [3.8, 4) is 16.9 Å². The van der Waals surface area contributed by atoms with Gasteiger partial charge < -0.3 is 9.47 Å². The standard InChI is InChI=1S/C17H15Br5O2/c1-2-23-16(20,15(18)19)17(21,22)24-14-10-6-9-13(11-14)12-7-4-3-5-8-12/h3-11,15H,2H2,1H3. The molecule has 0 aliphatic carbocycles. The van der Waals surface area contributed by atoms with Gasteiger partial charge in [0, 0.05) is 6.61 Å². The first-order valence-electron chi connectivity index (χ1n) is 7.13. The molecular formula is C17H15Br5O2. The van der Waals surface area contributed by atoms with Crippen LogP contribution >= 0.6 is 79.6 Å². The highest BCUT2D eigenvalue weighted by Crippen LogP contribution is 2.51. The molecule has 2 aromatic rings. The minimum absolute atomic E-state index is 0.214. The molecule has 0 radical (unpaired) electrons. The third-order valence-corrected chi connectivity index (χ3v) is 9.55. The Morgan fingerprint density at radius 1 is 0.917 bits per heavy atom. The SMILES string of the molecule is CCOC(Br)(C(Br)Br)C(Br)(Br)Oc1cccc(-c2ccccc2)c1. The molecule has 0 aliphatic rings. The molecular weight excluding hydrogens is 636 g/mol. The van der Waals surface area contributed by atoms with Gasteiger partial charge in [-0.2, -0.15) is 0 Å². The molecule has 0 heterocycles. The van der Waals surface area contributed by atoms with Crippen LogP contribution in [0.1, 0.15) is 6.92 Å². The summed E-state index contributed by atoms with van der Waals surface area (Å²) < 4.78 is 9.88. The Labute approximate surface area is 184 Å². The first-order chi connectivity index (χ1) is 11.3. The van der Waals surface area contributed by atoms with Crippen molar-refractivity contribution in [3.05, 3.63) is 54.6 Å². The summed E-state index contributed by atoms with van der Waals surface area (Å²) in [4.78, 5) is 0. The van der Waals surface area contributed by atoms with Gasteiger partial charge in [0.05, 0.1) is 0 Å². The van der Waals surface area contributed by atoms with Crippen molar-refractivity contribution in [2.75, 3.05) is 6.61 Å². The highest BCUT2D eigenvalue weighted by atomic mass is 79.9. The molecule has 0 N–H and O–H groups in total. The molecule has 0 fully saturated rings. The second kappa shape index (κ2) is 9.00. The van der Waals surface area contributed by atoms with E-state index in [1.54, 1.807) is 0 Å². The number of hydrogen-bond acceptors (Lipinski definition) is 2. The molecule has 24 heavy (non-hydrogen) atoms. The Balaban J connectivity index is 2.29. The Morgan fingerprint density at radius 2 is 1.54 bits per heavy atom. The van der Waals surface area contributed by atoms with Crippen molar-refractivity contribution in [2.24, 2.45) is 0 Å². The maximum absolute atomic E-state index is 6.14. The molecule has 0 aliphatic heterocycles. The zero-order chi connectivity index (χ0) is 17.8. The Morgan fingerprint density at radius 3 is 2.12 bits per heavy atom. The zero-order valence-corrected chi connectivity index (χ0v) is 20.6. The minimum Gasteiger partial charge on any atom is -0.462 e. The predicted octanol–water partition coefficient (Wildman–Crippen LogP) is 7.42. The van der Waals surface area contributed by atoms with Gasteiger partial charge in [-0.3, -0.25) is 0 Å². The third-order valence-electron chi connectivity index (χ3n) is 3.22. The summed E-state index contributed by atoms with van der Waals surface area (Å²) in [5, 5.41) is 0. The fourth-order valence-corrected chi connectivity index (χ4v) is 5.58. The van der Waals surface area contributed by atoms with Crippen LogP contribution in [0.15, 0.2) is 54.6 Å². The predicted molar refractivity (Wildman–Crippen MR) is 118 cm³/mol. The van der Waals surface area contributed by atoms with E-state index in [-0.39, 0.29) is 3.74 Å². The average molecular weight is 651 g/mol. The number of alkyl halides is 5. The molecule has 1 atom stereocenters. The van der Waals surface area contributed by atoms with Crippen molar-refractivity contribution < 1.29 is 9.47 Å². The first kappa shape index (κ1) is 20.9. The van der Waals surface area contributed by atoms with Gasteiger partial charge in [0.25, 0.3) is 3.42 Å². The zero-order valence-electron chi connectivity index (χ0n) is 12.7. The maximum atomic E-state index is 6.14. The number of benzene rings is 2. The quantitative estimate of drug-likeness (QED) is 0.291. The van der Waals surface area contributed by atoms with Crippen LogP contribution in [0.3, 0.4) is 0 Å². The van der Waals surface area contributed by atoms with Crippen molar-refractivity contribution in [1.82, 2.24) is 0 Å². The summed E-state index contributed by atoms with van der Waals surface area (Å²) in [5.74, 6) is 0.703. The molecule has 1 unspecified atom stereocenters. The van der Waals surface area contributed by atoms with Gasteiger partial charge in [-0.15, -0.1) is 0 Å². The minimum atomic E-state index is -1.00. The van der Waals surface area contributed by atoms with Crippen LogP contribution in [-0.4, -0.2) is 18.3 Å². The molecule has 7 heteroatoms. The van der Waals surface area contributed by atoms with Crippen LogP contribution in [0.4, 0.5) is 0 Å². The lowest BCUT2D eigenvalue weighted by atomic mass is 10.1. The lowest BCUT2D eigenvalue weighted by molar-refractivity contribution is -0.00249. The Bertz CT molecular complexity index is 663. The van der Waals surface area contributed by atoms with Crippen molar-refractivity contribution in [2.45, 2.75) is 18.6 Å². The second-order valence-corrected chi connectivity index (χ2v) is 12.4. The van der Waals surface area contributed by atoms with Crippen LogP contribution in [0.25, 0.3) is 11.1 Å². The summed E-state index contributed by atoms with van der Waals surface area (Å²) in [7, 11) is 0. The largest absolute Gasteiger partial charge is 0.462 e. The van der Waals surface area contributed by atoms with Gasteiger partial charge >= 0.3 is 0 Å². The monoisotopic (exact) mass is 646 g/mol. The smallest absolute Gasteiger partial charge is 0.258 e. The van der Waals surface area contributed by atoms with Gasteiger partial charge in [0.2, 0.25) is 4.51 Å². The molecule has 0 aromatic heterocycles. The van der Waals surface area contributed by atoms with Crippen molar-refractivity contribution >= 4 is 79.6 Å². The Kier molecular flexibility index (Phi) is 7.84. The fourth-order valence-electron chi connectivity index (χ4n) is 2.07. The molecule has 0 saturated carbocycles. The highest BCUT2D eigenvalue weighted by molar-refractivity contribution is 9.27. The summed E-state index contributed by atoms with van der Waals surface area (Å²) in [6, 6.07) is 18.1. The van der Waals surface area contributed by atoms with E-state index in [4.69, 9.17) is 9.47 Å². The van der Waals surface area contributed by atoms with E-state index in [2.05, 4.69) is 91.8 Å². The van der Waals surface area contributed by atoms with Gasteiger partial charge in [-0.25, -0.2) is 0 Å². The van der Waals surface area contributed by atoms with Gasteiger partial charge in [-0.1, -0.05) is 74.3 Å². The summed E-state index contributed by atoms with van der Waals surface area (Å²) in [5.41, 5.74) is 2.21. The van der Waals surface area contributed by atoms with E-state index in [0.29, 0.717) is 12.4 Å². The highest BCUT2D eigenvalue weighted by Gasteiger charge is 2.54. The molecule has 130 valence electrons. The normalized spacial score (nSPS) is 14.5. The van der Waals surface area contributed by atoms with Crippen molar-refractivity contribution in [3.63, 3.8) is 0 Å². The number of hydrogen-bond donors (Lipinski definition) is 0. The molecule has 2 nitrogen and oxygen atoms in total. The van der Waals surface area contributed by atoms with E-state index in [0.717, 1.165) is 11.1 Å². The second-order valence-electron chi connectivity index (χ2n) is 4.89. The first-order valence-corrected chi connectivity index (χ1v) is 11.3. The van der Waals surface area contributed by atoms with Crippen LogP contribution in [0, 0.1) is 0 Å². The van der Waals surface area contributed by atoms with Crippen molar-refractivity contribution in [1.29, 1.82) is 0 Å². The number of rotatable bonds is 7. The molecule has 0 saturated heterocycles. The molecule has 0 amide bonds. The van der Waals surface area contributed by atoms with Crippen LogP contribution < -0.4 is 4.74 Å². The average Bonchev–Trinajstić information content (AvgIpc) is 2.55. The molecule has 2 aromatic carbocycles. The summed E-state index contributed by atoms with van der Waals surface area (Å²) in [6.45, 7) is 2.43. The summed E-state index contributed by atoms with van der Waals surface area (Å²) >= 11 is 17.8. The maximum Gasteiger partial charge on any atom is 0.258 e. The Hall–Kier alpha value is 0.600. The van der Waals surface area contributed by atoms with E-state index in [9.17, 15) is 0 Å². The van der Waals surface area contributed by atoms with E-state index >= 15 is 0 Å². The van der Waals surface area contributed by atoms with E-state index in [1.165, 1.54) is 0 Å². The number of halogens is 5. The fraction of sp³-hybridized carbons (Fsp3) is 0.294. The molecule has 0 bridgehead atoms. The topological polar surface area (TPSA) is 18.5 Å². The lowest BCUT2D eigenvalue weighted by Crippen LogP contribution is -2.51. The van der Waals surface area contributed by atoms with Gasteiger partial charge in [0.1, 0.15) is 9.49 Å². The molecule has 2 rings (SSSR count). The third kappa shape index (κ3) is 4.86. The van der Waals surface area contributed by atoms with Gasteiger partial charge in [-0.05, 0) is 78.0 Å². The molecule has 0 spiro atoms.